The molecule has 0 radical (unpaired) electrons. The average Bonchev–Trinajstić information content (AvgIpc) is 2.36. The monoisotopic (exact) mass is 403 g/mol. The Morgan fingerprint density at radius 1 is 1.29 bits per heavy atom. The molecule has 0 fully saturated rings. The summed E-state index contributed by atoms with van der Waals surface area (Å²) in [5.74, 6) is 0. The van der Waals surface area contributed by atoms with Gasteiger partial charge in [0.2, 0.25) is 0 Å². The first-order chi connectivity index (χ1) is 8.22. The maximum atomic E-state index is 4.07. The second-order valence-corrected chi connectivity index (χ2v) is 5.64. The summed E-state index contributed by atoms with van der Waals surface area (Å²) in [4.78, 5) is 8.13. The molecule has 2 aromatic rings. The van der Waals surface area contributed by atoms with E-state index in [2.05, 4.69) is 65.9 Å². The number of halogens is 2. The summed E-state index contributed by atoms with van der Waals surface area (Å²) in [5.41, 5.74) is 2.28. The van der Waals surface area contributed by atoms with Crippen molar-refractivity contribution in [2.24, 2.45) is 0 Å². The van der Waals surface area contributed by atoms with Gasteiger partial charge in [-0.25, -0.2) is 9.97 Å². The van der Waals surface area contributed by atoms with Gasteiger partial charge < -0.3 is 5.32 Å². The van der Waals surface area contributed by atoms with Crippen LogP contribution in [0.3, 0.4) is 0 Å². The summed E-state index contributed by atoms with van der Waals surface area (Å²) in [5, 5.41) is 3.30. The zero-order valence-corrected chi connectivity index (χ0v) is 12.9. The highest BCUT2D eigenvalue weighted by Crippen LogP contribution is 2.27. The molecule has 1 aromatic heterocycles. The molecule has 1 N–H and O–H groups in total. The van der Waals surface area contributed by atoms with Crippen molar-refractivity contribution in [2.45, 2.75) is 6.04 Å². The lowest BCUT2D eigenvalue weighted by Gasteiger charge is -2.18. The number of aromatic nitrogens is 2. The van der Waals surface area contributed by atoms with Gasteiger partial charge in [-0.2, -0.15) is 0 Å². The molecule has 0 amide bonds. The average molecular weight is 404 g/mol. The Morgan fingerprint density at radius 3 is 2.65 bits per heavy atom. The fraction of sp³-hybridized carbons (Fsp3) is 0.167. The van der Waals surface area contributed by atoms with Crippen LogP contribution in [-0.4, -0.2) is 17.0 Å². The molecule has 1 aromatic carbocycles. The van der Waals surface area contributed by atoms with Crippen LogP contribution in [-0.2, 0) is 0 Å². The summed E-state index contributed by atoms with van der Waals surface area (Å²) in [7, 11) is 1.94. The Morgan fingerprint density at radius 2 is 2.00 bits per heavy atom. The van der Waals surface area contributed by atoms with Crippen molar-refractivity contribution in [3.8, 4) is 0 Å². The highest BCUT2D eigenvalue weighted by Gasteiger charge is 2.15. The van der Waals surface area contributed by atoms with Gasteiger partial charge in [0.25, 0.3) is 0 Å². The SMILES string of the molecule is CNC(c1cncnc1)c1cc(Br)ccc1I. The van der Waals surface area contributed by atoms with E-state index in [-0.39, 0.29) is 6.04 Å². The van der Waals surface area contributed by atoms with Crippen molar-refractivity contribution in [1.29, 1.82) is 0 Å². The Balaban J connectivity index is 2.46. The predicted octanol–water partition coefficient (Wildman–Crippen LogP) is 3.15. The van der Waals surface area contributed by atoms with Gasteiger partial charge in [0.1, 0.15) is 6.33 Å². The summed E-state index contributed by atoms with van der Waals surface area (Å²) in [6.45, 7) is 0. The molecule has 3 nitrogen and oxygen atoms in total. The van der Waals surface area contributed by atoms with E-state index < -0.39 is 0 Å². The molecule has 17 heavy (non-hydrogen) atoms. The number of nitrogens with one attached hydrogen (secondary N) is 1. The van der Waals surface area contributed by atoms with E-state index >= 15 is 0 Å². The Hall–Kier alpha value is -0.530. The van der Waals surface area contributed by atoms with Crippen LogP contribution in [0.2, 0.25) is 0 Å². The normalized spacial score (nSPS) is 12.4. The van der Waals surface area contributed by atoms with Crippen LogP contribution >= 0.6 is 38.5 Å². The van der Waals surface area contributed by atoms with Crippen LogP contribution in [0.4, 0.5) is 0 Å². The zero-order chi connectivity index (χ0) is 12.3. The second kappa shape index (κ2) is 5.88. The maximum Gasteiger partial charge on any atom is 0.115 e. The molecule has 1 heterocycles. The van der Waals surface area contributed by atoms with E-state index in [0.29, 0.717) is 0 Å². The minimum Gasteiger partial charge on any atom is -0.309 e. The van der Waals surface area contributed by atoms with E-state index in [9.17, 15) is 0 Å². The molecular weight excluding hydrogens is 393 g/mol. The van der Waals surface area contributed by atoms with Gasteiger partial charge in [-0.1, -0.05) is 15.9 Å². The highest BCUT2D eigenvalue weighted by molar-refractivity contribution is 14.1. The van der Waals surface area contributed by atoms with Gasteiger partial charge in [-0.15, -0.1) is 0 Å². The van der Waals surface area contributed by atoms with Crippen LogP contribution in [0.1, 0.15) is 17.2 Å². The number of hydrogen-bond acceptors (Lipinski definition) is 3. The van der Waals surface area contributed by atoms with E-state index in [0.717, 1.165) is 10.0 Å². The number of nitrogens with zero attached hydrogens (tertiary/aromatic N) is 2. The molecule has 1 unspecified atom stereocenters. The molecule has 0 spiro atoms. The standard InChI is InChI=1S/C12H11BrIN3/c1-15-12(8-5-16-7-17-6-8)10-4-9(13)2-3-11(10)14/h2-7,12,15H,1H3. The molecule has 0 saturated heterocycles. The van der Waals surface area contributed by atoms with Gasteiger partial charge in [0.15, 0.2) is 0 Å². The fourth-order valence-corrected chi connectivity index (χ4v) is 2.72. The minimum absolute atomic E-state index is 0.112. The third kappa shape index (κ3) is 3.02. The van der Waals surface area contributed by atoms with Crippen molar-refractivity contribution in [3.05, 3.63) is 56.1 Å². The fourth-order valence-electron chi connectivity index (χ4n) is 1.70. The third-order valence-electron chi connectivity index (χ3n) is 2.47. The molecule has 2 rings (SSSR count). The van der Waals surface area contributed by atoms with Crippen LogP contribution in [0.5, 0.6) is 0 Å². The summed E-state index contributed by atoms with van der Waals surface area (Å²) in [6, 6.07) is 6.37. The summed E-state index contributed by atoms with van der Waals surface area (Å²) in [6.07, 6.45) is 5.22. The van der Waals surface area contributed by atoms with Crippen LogP contribution in [0.25, 0.3) is 0 Å². The van der Waals surface area contributed by atoms with Crippen LogP contribution in [0.15, 0.2) is 41.4 Å². The second-order valence-electron chi connectivity index (χ2n) is 3.56. The first-order valence-electron chi connectivity index (χ1n) is 5.09. The molecule has 88 valence electrons. The predicted molar refractivity (Wildman–Crippen MR) is 79.8 cm³/mol. The number of benzene rings is 1. The quantitative estimate of drug-likeness (QED) is 0.800. The lowest BCUT2D eigenvalue weighted by Crippen LogP contribution is -2.19. The first-order valence-corrected chi connectivity index (χ1v) is 6.96. The van der Waals surface area contributed by atoms with Crippen molar-refractivity contribution in [3.63, 3.8) is 0 Å². The molecule has 0 aliphatic carbocycles. The van der Waals surface area contributed by atoms with Crippen molar-refractivity contribution in [1.82, 2.24) is 15.3 Å². The van der Waals surface area contributed by atoms with Crippen LogP contribution < -0.4 is 5.32 Å². The molecule has 0 aliphatic heterocycles. The Labute approximate surface area is 122 Å². The van der Waals surface area contributed by atoms with E-state index in [4.69, 9.17) is 0 Å². The smallest absolute Gasteiger partial charge is 0.115 e. The third-order valence-corrected chi connectivity index (χ3v) is 3.95. The van der Waals surface area contributed by atoms with Gasteiger partial charge in [0.05, 0.1) is 6.04 Å². The summed E-state index contributed by atoms with van der Waals surface area (Å²) < 4.78 is 2.29. The highest BCUT2D eigenvalue weighted by atomic mass is 127. The number of rotatable bonds is 3. The molecular formula is C12H11BrIN3. The largest absolute Gasteiger partial charge is 0.309 e. The molecule has 0 bridgehead atoms. The Kier molecular flexibility index (Phi) is 4.47. The molecule has 0 saturated carbocycles. The lowest BCUT2D eigenvalue weighted by atomic mass is 10.0. The van der Waals surface area contributed by atoms with Gasteiger partial charge in [-0.05, 0) is 53.4 Å². The van der Waals surface area contributed by atoms with Gasteiger partial charge in [-0.3, -0.25) is 0 Å². The van der Waals surface area contributed by atoms with Crippen molar-refractivity contribution < 1.29 is 0 Å². The summed E-state index contributed by atoms with van der Waals surface area (Å²) >= 11 is 5.84. The maximum absolute atomic E-state index is 4.07. The van der Waals surface area contributed by atoms with Crippen molar-refractivity contribution in [2.75, 3.05) is 7.05 Å². The Bertz CT molecular complexity index is 504. The van der Waals surface area contributed by atoms with Gasteiger partial charge in [0, 0.05) is 26.0 Å². The topological polar surface area (TPSA) is 37.8 Å². The number of hydrogen-bond donors (Lipinski definition) is 1. The van der Waals surface area contributed by atoms with Crippen LogP contribution in [0, 0.1) is 3.57 Å². The van der Waals surface area contributed by atoms with Gasteiger partial charge >= 0.3 is 0 Å². The minimum atomic E-state index is 0.112. The van der Waals surface area contributed by atoms with E-state index in [1.165, 1.54) is 9.13 Å². The lowest BCUT2D eigenvalue weighted by molar-refractivity contribution is 0.681. The molecule has 0 aliphatic rings. The van der Waals surface area contributed by atoms with E-state index in [1.54, 1.807) is 6.33 Å². The first kappa shape index (κ1) is 12.9. The van der Waals surface area contributed by atoms with E-state index in [1.807, 2.05) is 25.5 Å². The van der Waals surface area contributed by atoms with Crippen molar-refractivity contribution >= 4 is 38.5 Å². The zero-order valence-electron chi connectivity index (χ0n) is 9.19. The molecule has 5 heteroatoms. The molecule has 1 atom stereocenters.